The summed E-state index contributed by atoms with van der Waals surface area (Å²) in [5, 5.41) is 0.552. The number of fused-ring (bicyclic) bond motifs is 1. The molecule has 9 nitrogen and oxygen atoms in total. The number of aromatic nitrogens is 1. The Bertz CT molecular complexity index is 989. The number of hydrogen-bond donors (Lipinski definition) is 0. The summed E-state index contributed by atoms with van der Waals surface area (Å²) in [6.07, 6.45) is 1.84. The highest BCUT2D eigenvalue weighted by Crippen LogP contribution is 2.34. The summed E-state index contributed by atoms with van der Waals surface area (Å²) in [6, 6.07) is 5.70. The average molecular weight is 471 g/mol. The van der Waals surface area contributed by atoms with Crippen LogP contribution < -0.4 is 9.64 Å². The molecule has 3 rings (SSSR count). The summed E-state index contributed by atoms with van der Waals surface area (Å²) in [5.74, 6) is 0.378. The fourth-order valence-electron chi connectivity index (χ4n) is 3.30. The molecule has 0 N–H and O–H groups in total. The molecule has 2 heterocycles. The Labute approximate surface area is 187 Å². The normalized spacial score (nSPS) is 15.5. The van der Waals surface area contributed by atoms with Gasteiger partial charge in [-0.3, -0.25) is 14.6 Å². The number of likely N-dealkylation sites (N-methyl/N-ethyl adjacent to an activating group) is 1. The molecule has 0 unspecified atom stereocenters. The highest BCUT2D eigenvalue weighted by Gasteiger charge is 2.24. The molecule has 172 valence electrons. The van der Waals surface area contributed by atoms with Crippen LogP contribution in [0, 0.1) is 0 Å². The SMILES string of the molecule is CCOc1cccc2sc(N(CCCN3CCOCC3)C(=O)CN(C)S(C)(=O)=O)nc12. The van der Waals surface area contributed by atoms with Crippen molar-refractivity contribution in [3.05, 3.63) is 18.2 Å². The van der Waals surface area contributed by atoms with Gasteiger partial charge in [0.15, 0.2) is 5.13 Å². The number of benzene rings is 1. The van der Waals surface area contributed by atoms with Gasteiger partial charge >= 0.3 is 0 Å². The third-order valence-corrected chi connectivity index (χ3v) is 7.39. The van der Waals surface area contributed by atoms with Crippen LogP contribution >= 0.6 is 11.3 Å². The van der Waals surface area contributed by atoms with Crippen molar-refractivity contribution >= 4 is 42.6 Å². The minimum atomic E-state index is -3.46. The van der Waals surface area contributed by atoms with Crippen molar-refractivity contribution in [2.24, 2.45) is 0 Å². The first-order valence-corrected chi connectivity index (χ1v) is 13.0. The number of rotatable bonds is 10. The van der Waals surface area contributed by atoms with Gasteiger partial charge in [0.25, 0.3) is 0 Å². The largest absolute Gasteiger partial charge is 0.492 e. The van der Waals surface area contributed by atoms with E-state index in [9.17, 15) is 13.2 Å². The predicted octanol–water partition coefficient (Wildman–Crippen LogP) is 1.64. The van der Waals surface area contributed by atoms with E-state index >= 15 is 0 Å². The lowest BCUT2D eigenvalue weighted by molar-refractivity contribution is -0.118. The lowest BCUT2D eigenvalue weighted by atomic mass is 10.3. The van der Waals surface area contributed by atoms with Crippen LogP contribution in [0.2, 0.25) is 0 Å². The minimum absolute atomic E-state index is 0.232. The predicted molar refractivity (Wildman–Crippen MR) is 122 cm³/mol. The number of amides is 1. The van der Waals surface area contributed by atoms with Gasteiger partial charge in [0, 0.05) is 33.2 Å². The van der Waals surface area contributed by atoms with Crippen molar-refractivity contribution in [1.29, 1.82) is 0 Å². The summed E-state index contributed by atoms with van der Waals surface area (Å²) < 4.78 is 36.7. The standard InChI is InChI=1S/C20H30N4O5S2/c1-4-29-16-7-5-8-17-19(16)21-20(30-17)24(18(25)15-22(2)31(3,26)27)10-6-9-23-11-13-28-14-12-23/h5,7-8H,4,6,9-15H2,1-3H3. The number of anilines is 1. The molecular formula is C20H30N4O5S2. The maximum absolute atomic E-state index is 13.1. The molecule has 1 aromatic heterocycles. The van der Waals surface area contributed by atoms with Crippen molar-refractivity contribution in [2.75, 3.05) is 70.7 Å². The maximum atomic E-state index is 13.1. The molecule has 1 saturated heterocycles. The van der Waals surface area contributed by atoms with Crippen LogP contribution in [-0.4, -0.2) is 94.4 Å². The summed E-state index contributed by atoms with van der Waals surface area (Å²) in [4.78, 5) is 21.7. The Morgan fingerprint density at radius 3 is 2.74 bits per heavy atom. The summed E-state index contributed by atoms with van der Waals surface area (Å²) >= 11 is 1.41. The lowest BCUT2D eigenvalue weighted by Crippen LogP contribution is -2.43. The number of sulfonamides is 1. The van der Waals surface area contributed by atoms with Crippen LogP contribution in [0.25, 0.3) is 10.2 Å². The molecule has 1 aliphatic heterocycles. The average Bonchev–Trinajstić information content (AvgIpc) is 3.16. The number of thiazole rings is 1. The fourth-order valence-corrected chi connectivity index (χ4v) is 4.67. The van der Waals surface area contributed by atoms with E-state index < -0.39 is 10.0 Å². The topological polar surface area (TPSA) is 92.3 Å². The smallest absolute Gasteiger partial charge is 0.244 e. The Morgan fingerprint density at radius 1 is 1.32 bits per heavy atom. The van der Waals surface area contributed by atoms with E-state index in [0.29, 0.717) is 29.5 Å². The van der Waals surface area contributed by atoms with E-state index in [0.717, 1.165) is 54.5 Å². The van der Waals surface area contributed by atoms with Gasteiger partial charge in [-0.25, -0.2) is 13.4 Å². The van der Waals surface area contributed by atoms with Gasteiger partial charge in [0.1, 0.15) is 11.3 Å². The van der Waals surface area contributed by atoms with Crippen molar-refractivity contribution in [3.63, 3.8) is 0 Å². The molecule has 11 heteroatoms. The first-order valence-electron chi connectivity index (χ1n) is 10.3. The number of morpholine rings is 1. The van der Waals surface area contributed by atoms with Gasteiger partial charge in [-0.15, -0.1) is 0 Å². The first-order chi connectivity index (χ1) is 14.8. The van der Waals surface area contributed by atoms with Crippen molar-refractivity contribution in [3.8, 4) is 5.75 Å². The molecule has 1 fully saturated rings. The van der Waals surface area contributed by atoms with Crippen molar-refractivity contribution in [1.82, 2.24) is 14.2 Å². The second kappa shape index (κ2) is 10.7. The molecule has 2 aromatic rings. The molecule has 0 atom stereocenters. The van der Waals surface area contributed by atoms with Gasteiger partial charge in [0.05, 0.1) is 37.3 Å². The van der Waals surface area contributed by atoms with Crippen LogP contribution in [0.1, 0.15) is 13.3 Å². The third kappa shape index (κ3) is 6.36. The van der Waals surface area contributed by atoms with E-state index in [1.807, 2.05) is 25.1 Å². The maximum Gasteiger partial charge on any atom is 0.244 e. The Hall–Kier alpha value is -1.79. The van der Waals surface area contributed by atoms with E-state index in [4.69, 9.17) is 9.47 Å². The number of ether oxygens (including phenoxy) is 2. The van der Waals surface area contributed by atoms with E-state index in [2.05, 4.69) is 9.88 Å². The van der Waals surface area contributed by atoms with E-state index in [1.165, 1.54) is 18.4 Å². The van der Waals surface area contributed by atoms with E-state index in [1.54, 1.807) is 4.90 Å². The van der Waals surface area contributed by atoms with Crippen molar-refractivity contribution in [2.45, 2.75) is 13.3 Å². The summed E-state index contributed by atoms with van der Waals surface area (Å²) in [6.45, 7) is 6.70. The van der Waals surface area contributed by atoms with Crippen LogP contribution in [0.3, 0.4) is 0 Å². The van der Waals surface area contributed by atoms with Crippen LogP contribution in [0.4, 0.5) is 5.13 Å². The summed E-state index contributed by atoms with van der Waals surface area (Å²) in [5.41, 5.74) is 0.715. The third-order valence-electron chi connectivity index (χ3n) is 5.09. The highest BCUT2D eigenvalue weighted by atomic mass is 32.2. The molecule has 1 amide bonds. The second-order valence-electron chi connectivity index (χ2n) is 7.40. The number of para-hydroxylation sites is 1. The van der Waals surface area contributed by atoms with Crippen LogP contribution in [0.15, 0.2) is 18.2 Å². The summed E-state index contributed by atoms with van der Waals surface area (Å²) in [7, 11) is -2.06. The molecular weight excluding hydrogens is 440 g/mol. The molecule has 0 saturated carbocycles. The first kappa shape index (κ1) is 23.9. The molecule has 31 heavy (non-hydrogen) atoms. The quantitative estimate of drug-likeness (QED) is 0.521. The van der Waals surface area contributed by atoms with Crippen LogP contribution in [0.5, 0.6) is 5.75 Å². The Balaban J connectivity index is 1.81. The lowest BCUT2D eigenvalue weighted by Gasteiger charge is -2.28. The van der Waals surface area contributed by atoms with Gasteiger partial charge in [-0.05, 0) is 25.5 Å². The zero-order valence-corrected chi connectivity index (χ0v) is 19.9. The second-order valence-corrected chi connectivity index (χ2v) is 10.5. The molecule has 1 aromatic carbocycles. The van der Waals surface area contributed by atoms with E-state index in [-0.39, 0.29) is 12.5 Å². The molecule has 1 aliphatic rings. The number of carbonyl (C=O) groups is 1. The minimum Gasteiger partial charge on any atom is -0.492 e. The number of carbonyl (C=O) groups excluding carboxylic acids is 1. The molecule has 0 aliphatic carbocycles. The molecule has 0 bridgehead atoms. The zero-order valence-electron chi connectivity index (χ0n) is 18.2. The van der Waals surface area contributed by atoms with Crippen molar-refractivity contribution < 1.29 is 22.7 Å². The molecule has 0 radical (unpaired) electrons. The van der Waals surface area contributed by atoms with Gasteiger partial charge in [-0.1, -0.05) is 17.4 Å². The van der Waals surface area contributed by atoms with Gasteiger partial charge < -0.3 is 9.47 Å². The van der Waals surface area contributed by atoms with Gasteiger partial charge in [0.2, 0.25) is 15.9 Å². The Kier molecular flexibility index (Phi) is 8.23. The monoisotopic (exact) mass is 470 g/mol. The fraction of sp³-hybridized carbons (Fsp3) is 0.600. The Morgan fingerprint density at radius 2 is 2.06 bits per heavy atom. The number of nitrogens with zero attached hydrogens (tertiary/aromatic N) is 4. The van der Waals surface area contributed by atoms with Crippen LogP contribution in [-0.2, 0) is 19.6 Å². The highest BCUT2D eigenvalue weighted by molar-refractivity contribution is 7.88. The zero-order chi connectivity index (χ0) is 22.4. The van der Waals surface area contributed by atoms with Gasteiger partial charge in [-0.2, -0.15) is 4.31 Å². The number of hydrogen-bond acceptors (Lipinski definition) is 8. The molecule has 0 spiro atoms.